The molecule has 1 aromatic heterocycles. The van der Waals surface area contributed by atoms with Crippen molar-refractivity contribution in [1.82, 2.24) is 9.97 Å². The molecule has 0 saturated carbocycles. The summed E-state index contributed by atoms with van der Waals surface area (Å²) in [6.07, 6.45) is 0. The average Bonchev–Trinajstić information content (AvgIpc) is 2.97. The molecule has 0 aliphatic carbocycles. The van der Waals surface area contributed by atoms with Gasteiger partial charge in [-0.3, -0.25) is 0 Å². The SMILES string of the molecule is COC(=O)c1ccc2nc(-c3ccc(C(=O)O)cc3)[nH]c2c1. The Morgan fingerprint density at radius 1 is 1.09 bits per heavy atom. The Hall–Kier alpha value is -3.15. The van der Waals surface area contributed by atoms with Crippen LogP contribution in [0.25, 0.3) is 22.4 Å². The summed E-state index contributed by atoms with van der Waals surface area (Å²) >= 11 is 0. The Morgan fingerprint density at radius 3 is 2.41 bits per heavy atom. The molecule has 0 radical (unpaired) electrons. The third kappa shape index (κ3) is 2.42. The molecule has 0 fully saturated rings. The van der Waals surface area contributed by atoms with Crippen LogP contribution in [-0.2, 0) is 4.74 Å². The number of methoxy groups -OCH3 is 1. The van der Waals surface area contributed by atoms with Gasteiger partial charge in [0.25, 0.3) is 0 Å². The second-order valence-corrected chi connectivity index (χ2v) is 4.69. The third-order valence-electron chi connectivity index (χ3n) is 3.31. The Balaban J connectivity index is 2.01. The van der Waals surface area contributed by atoms with Gasteiger partial charge >= 0.3 is 11.9 Å². The second kappa shape index (κ2) is 5.33. The molecule has 0 amide bonds. The predicted octanol–water partition coefficient (Wildman–Crippen LogP) is 2.71. The number of benzene rings is 2. The summed E-state index contributed by atoms with van der Waals surface area (Å²) in [5.74, 6) is -0.781. The van der Waals surface area contributed by atoms with Gasteiger partial charge in [0.1, 0.15) is 5.82 Å². The number of nitrogens with one attached hydrogen (secondary N) is 1. The van der Waals surface area contributed by atoms with Crippen LogP contribution in [0.1, 0.15) is 20.7 Å². The van der Waals surface area contributed by atoms with Gasteiger partial charge in [0, 0.05) is 5.56 Å². The van der Waals surface area contributed by atoms with E-state index in [4.69, 9.17) is 5.11 Å². The van der Waals surface area contributed by atoms with Crippen molar-refractivity contribution in [1.29, 1.82) is 0 Å². The molecule has 3 aromatic rings. The maximum Gasteiger partial charge on any atom is 0.337 e. The number of H-pyrrole nitrogens is 1. The number of carbonyl (C=O) groups excluding carboxylic acids is 1. The molecular formula is C16H12N2O4. The van der Waals surface area contributed by atoms with E-state index in [1.54, 1.807) is 30.3 Å². The molecule has 0 bridgehead atoms. The summed E-state index contributed by atoms with van der Waals surface area (Å²) in [4.78, 5) is 29.9. The Morgan fingerprint density at radius 2 is 1.77 bits per heavy atom. The van der Waals surface area contributed by atoms with Gasteiger partial charge in [0.05, 0.1) is 29.3 Å². The molecule has 22 heavy (non-hydrogen) atoms. The molecule has 0 atom stereocenters. The zero-order chi connectivity index (χ0) is 15.7. The number of esters is 1. The molecule has 1 heterocycles. The van der Waals surface area contributed by atoms with Crippen LogP contribution in [-0.4, -0.2) is 34.1 Å². The molecular weight excluding hydrogens is 284 g/mol. The normalized spacial score (nSPS) is 10.6. The quantitative estimate of drug-likeness (QED) is 0.725. The first-order chi connectivity index (χ1) is 10.6. The standard InChI is InChI=1S/C16H12N2O4/c1-22-16(21)11-6-7-12-13(8-11)18-14(17-12)9-2-4-10(5-3-9)15(19)20/h2-8H,1H3,(H,17,18)(H,19,20). The van der Waals surface area contributed by atoms with Crippen molar-refractivity contribution in [3.8, 4) is 11.4 Å². The van der Waals surface area contributed by atoms with E-state index in [-0.39, 0.29) is 5.56 Å². The van der Waals surface area contributed by atoms with Gasteiger partial charge in [0.15, 0.2) is 0 Å². The van der Waals surface area contributed by atoms with Crippen molar-refractivity contribution in [2.45, 2.75) is 0 Å². The highest BCUT2D eigenvalue weighted by atomic mass is 16.5. The summed E-state index contributed by atoms with van der Waals surface area (Å²) in [7, 11) is 1.33. The fraction of sp³-hybridized carbons (Fsp3) is 0.0625. The monoisotopic (exact) mass is 296 g/mol. The van der Waals surface area contributed by atoms with Crippen LogP contribution in [0.5, 0.6) is 0 Å². The fourth-order valence-electron chi connectivity index (χ4n) is 2.16. The van der Waals surface area contributed by atoms with E-state index in [0.717, 1.165) is 5.56 Å². The minimum absolute atomic E-state index is 0.216. The Labute approximate surface area is 125 Å². The minimum Gasteiger partial charge on any atom is -0.478 e. The van der Waals surface area contributed by atoms with Crippen LogP contribution in [0.15, 0.2) is 42.5 Å². The lowest BCUT2D eigenvalue weighted by Crippen LogP contribution is -2.00. The number of hydrogen-bond acceptors (Lipinski definition) is 4. The summed E-state index contributed by atoms with van der Waals surface area (Å²) in [6, 6.07) is 11.4. The van der Waals surface area contributed by atoms with E-state index in [2.05, 4.69) is 14.7 Å². The maximum atomic E-state index is 11.5. The smallest absolute Gasteiger partial charge is 0.337 e. The van der Waals surface area contributed by atoms with Crippen molar-refractivity contribution in [2.24, 2.45) is 0 Å². The van der Waals surface area contributed by atoms with Gasteiger partial charge in [-0.1, -0.05) is 12.1 Å². The van der Waals surface area contributed by atoms with Gasteiger partial charge in [-0.2, -0.15) is 0 Å². The number of fused-ring (bicyclic) bond motifs is 1. The number of carbonyl (C=O) groups is 2. The minimum atomic E-state index is -0.973. The number of hydrogen-bond donors (Lipinski definition) is 2. The molecule has 0 spiro atoms. The summed E-state index contributed by atoms with van der Waals surface area (Å²) in [5.41, 5.74) is 2.84. The molecule has 2 aromatic carbocycles. The van der Waals surface area contributed by atoms with Crippen LogP contribution in [0, 0.1) is 0 Å². The summed E-state index contributed by atoms with van der Waals surface area (Å²) in [5, 5.41) is 8.90. The lowest BCUT2D eigenvalue weighted by Gasteiger charge is -1.98. The number of imidazole rings is 1. The van der Waals surface area contributed by atoms with Gasteiger partial charge in [-0.05, 0) is 30.3 Å². The zero-order valence-electron chi connectivity index (χ0n) is 11.7. The number of ether oxygens (including phenoxy) is 1. The van der Waals surface area contributed by atoms with Crippen LogP contribution in [0.4, 0.5) is 0 Å². The zero-order valence-corrected chi connectivity index (χ0v) is 11.7. The number of carboxylic acid groups (broad SMARTS) is 1. The molecule has 3 rings (SSSR count). The molecule has 6 heteroatoms. The predicted molar refractivity (Wildman–Crippen MR) is 79.8 cm³/mol. The van der Waals surface area contributed by atoms with Crippen molar-refractivity contribution in [3.05, 3.63) is 53.6 Å². The van der Waals surface area contributed by atoms with E-state index in [0.29, 0.717) is 22.4 Å². The highest BCUT2D eigenvalue weighted by Gasteiger charge is 2.10. The molecule has 0 unspecified atom stereocenters. The first-order valence-electron chi connectivity index (χ1n) is 6.50. The van der Waals surface area contributed by atoms with E-state index in [1.807, 2.05) is 0 Å². The van der Waals surface area contributed by atoms with Gasteiger partial charge in [-0.25, -0.2) is 14.6 Å². The Bertz CT molecular complexity index is 865. The van der Waals surface area contributed by atoms with E-state index >= 15 is 0 Å². The Kier molecular flexibility index (Phi) is 3.34. The van der Waals surface area contributed by atoms with Crippen LogP contribution < -0.4 is 0 Å². The summed E-state index contributed by atoms with van der Waals surface area (Å²) < 4.78 is 4.68. The number of aromatic amines is 1. The lowest BCUT2D eigenvalue weighted by molar-refractivity contribution is 0.0600. The topological polar surface area (TPSA) is 92.3 Å². The second-order valence-electron chi connectivity index (χ2n) is 4.69. The summed E-state index contributed by atoms with van der Waals surface area (Å²) in [6.45, 7) is 0. The fourth-order valence-corrected chi connectivity index (χ4v) is 2.16. The van der Waals surface area contributed by atoms with Crippen molar-refractivity contribution in [2.75, 3.05) is 7.11 Å². The van der Waals surface area contributed by atoms with Crippen LogP contribution in [0.2, 0.25) is 0 Å². The molecule has 6 nitrogen and oxygen atoms in total. The number of aromatic carboxylic acids is 1. The van der Waals surface area contributed by atoms with Crippen molar-refractivity contribution >= 4 is 23.0 Å². The molecule has 2 N–H and O–H groups in total. The van der Waals surface area contributed by atoms with Crippen molar-refractivity contribution < 1.29 is 19.4 Å². The van der Waals surface area contributed by atoms with E-state index in [9.17, 15) is 9.59 Å². The largest absolute Gasteiger partial charge is 0.478 e. The maximum absolute atomic E-state index is 11.5. The number of nitrogens with zero attached hydrogens (tertiary/aromatic N) is 1. The molecule has 110 valence electrons. The first-order valence-corrected chi connectivity index (χ1v) is 6.50. The number of aromatic nitrogens is 2. The van der Waals surface area contributed by atoms with Gasteiger partial charge in [-0.15, -0.1) is 0 Å². The van der Waals surface area contributed by atoms with Crippen molar-refractivity contribution in [3.63, 3.8) is 0 Å². The van der Waals surface area contributed by atoms with Gasteiger partial charge in [0.2, 0.25) is 0 Å². The number of rotatable bonds is 3. The molecule has 0 aliphatic rings. The van der Waals surface area contributed by atoms with Crippen LogP contribution in [0.3, 0.4) is 0 Å². The van der Waals surface area contributed by atoms with E-state index < -0.39 is 11.9 Å². The highest BCUT2D eigenvalue weighted by Crippen LogP contribution is 2.22. The van der Waals surface area contributed by atoms with E-state index in [1.165, 1.54) is 19.2 Å². The molecule has 0 saturated heterocycles. The van der Waals surface area contributed by atoms with Crippen LogP contribution >= 0.6 is 0 Å². The average molecular weight is 296 g/mol. The number of carboxylic acids is 1. The first kappa shape index (κ1) is 13.8. The van der Waals surface area contributed by atoms with Gasteiger partial charge < -0.3 is 14.8 Å². The highest BCUT2D eigenvalue weighted by molar-refractivity contribution is 5.94. The third-order valence-corrected chi connectivity index (χ3v) is 3.31. The molecule has 0 aliphatic heterocycles. The lowest BCUT2D eigenvalue weighted by atomic mass is 10.1.